The Balaban J connectivity index is 0.00000112. The van der Waals surface area contributed by atoms with E-state index in [2.05, 4.69) is 10.1 Å². The average molecular weight is 426 g/mol. The molecule has 0 bridgehead atoms. The molecule has 162 valence electrons. The molecule has 0 saturated carbocycles. The predicted octanol–water partition coefficient (Wildman–Crippen LogP) is 4.40. The third kappa shape index (κ3) is 3.67. The van der Waals surface area contributed by atoms with Gasteiger partial charge in [-0.2, -0.15) is 0 Å². The van der Waals surface area contributed by atoms with Crippen LogP contribution in [0.2, 0.25) is 0 Å². The highest BCUT2D eigenvalue weighted by Crippen LogP contribution is 2.32. The van der Waals surface area contributed by atoms with Gasteiger partial charge < -0.3 is 9.64 Å². The molecule has 0 amide bonds. The van der Waals surface area contributed by atoms with Crippen molar-refractivity contribution >= 4 is 27.5 Å². The first-order valence-corrected chi connectivity index (χ1v) is 10.4. The lowest BCUT2D eigenvalue weighted by molar-refractivity contribution is 0.152. The number of pyridine rings is 1. The van der Waals surface area contributed by atoms with Gasteiger partial charge >= 0.3 is 0 Å². The second-order valence-corrected chi connectivity index (χ2v) is 7.00. The molecule has 0 radical (unpaired) electrons. The summed E-state index contributed by atoms with van der Waals surface area (Å²) in [5.74, 6) is -1.41. The standard InChI is InChI=1S/C21H18F2N4O2.C2H6/c22-16-11-14-18-15(21(28)27(25-18)13-5-2-1-3-6-13)12-24-19(14)17(23)20(16)26-7-4-9-29-10-8-26;1-2/h1-3,5-6,11-12,25H,4,7-10H2;1-2H3. The van der Waals surface area contributed by atoms with Gasteiger partial charge in [-0.05, 0) is 24.6 Å². The number of benzene rings is 2. The van der Waals surface area contributed by atoms with Crippen LogP contribution in [-0.4, -0.2) is 41.1 Å². The largest absolute Gasteiger partial charge is 0.380 e. The van der Waals surface area contributed by atoms with Crippen molar-refractivity contribution in [2.24, 2.45) is 0 Å². The molecule has 0 aliphatic carbocycles. The lowest BCUT2D eigenvalue weighted by atomic mass is 10.1. The van der Waals surface area contributed by atoms with Crippen LogP contribution >= 0.6 is 0 Å². The van der Waals surface area contributed by atoms with Gasteiger partial charge in [-0.3, -0.25) is 14.9 Å². The number of hydrogen-bond acceptors (Lipinski definition) is 4. The Labute approximate surface area is 178 Å². The molecule has 1 fully saturated rings. The Hall–Kier alpha value is -3.26. The van der Waals surface area contributed by atoms with Gasteiger partial charge in [0, 0.05) is 31.3 Å². The van der Waals surface area contributed by atoms with E-state index in [1.807, 2.05) is 19.9 Å². The summed E-state index contributed by atoms with van der Waals surface area (Å²) in [5, 5.41) is 3.49. The number of aromatic nitrogens is 3. The molecule has 8 heteroatoms. The molecule has 4 aromatic rings. The van der Waals surface area contributed by atoms with E-state index in [0.717, 1.165) is 0 Å². The second kappa shape index (κ2) is 8.85. The number of fused-ring (bicyclic) bond motifs is 3. The van der Waals surface area contributed by atoms with Crippen LogP contribution in [0.1, 0.15) is 20.3 Å². The second-order valence-electron chi connectivity index (χ2n) is 7.00. The fourth-order valence-corrected chi connectivity index (χ4v) is 3.84. The van der Waals surface area contributed by atoms with Crippen LogP contribution in [0.3, 0.4) is 0 Å². The number of anilines is 1. The van der Waals surface area contributed by atoms with Crippen LogP contribution in [0.25, 0.3) is 27.5 Å². The van der Waals surface area contributed by atoms with E-state index in [0.29, 0.717) is 43.9 Å². The maximum Gasteiger partial charge on any atom is 0.280 e. The highest BCUT2D eigenvalue weighted by molar-refractivity contribution is 6.04. The minimum absolute atomic E-state index is 0.0283. The first-order valence-electron chi connectivity index (χ1n) is 10.4. The van der Waals surface area contributed by atoms with Crippen LogP contribution in [0, 0.1) is 11.6 Å². The Morgan fingerprint density at radius 1 is 1.06 bits per heavy atom. The summed E-state index contributed by atoms with van der Waals surface area (Å²) < 4.78 is 37.1. The minimum atomic E-state index is -0.725. The van der Waals surface area contributed by atoms with Gasteiger partial charge in [0.15, 0.2) is 5.82 Å². The van der Waals surface area contributed by atoms with Crippen molar-refractivity contribution in [1.29, 1.82) is 0 Å². The lowest BCUT2D eigenvalue weighted by Gasteiger charge is -2.23. The molecular formula is C23H24F2N4O2. The Morgan fingerprint density at radius 2 is 1.84 bits per heavy atom. The van der Waals surface area contributed by atoms with Gasteiger partial charge in [0.05, 0.1) is 23.2 Å². The van der Waals surface area contributed by atoms with Crippen molar-refractivity contribution in [3.63, 3.8) is 0 Å². The molecule has 1 saturated heterocycles. The molecule has 1 aliphatic heterocycles. The van der Waals surface area contributed by atoms with Crippen molar-refractivity contribution < 1.29 is 13.5 Å². The van der Waals surface area contributed by atoms with E-state index in [1.165, 1.54) is 16.9 Å². The van der Waals surface area contributed by atoms with E-state index >= 15 is 8.78 Å². The zero-order chi connectivity index (χ0) is 22.0. The van der Waals surface area contributed by atoms with Gasteiger partial charge in [-0.15, -0.1) is 0 Å². The van der Waals surface area contributed by atoms with Crippen molar-refractivity contribution in [1.82, 2.24) is 14.8 Å². The molecule has 0 atom stereocenters. The van der Waals surface area contributed by atoms with E-state index in [4.69, 9.17) is 4.74 Å². The molecule has 0 spiro atoms. The average Bonchev–Trinajstić information content (AvgIpc) is 2.95. The zero-order valence-corrected chi connectivity index (χ0v) is 17.5. The quantitative estimate of drug-likeness (QED) is 0.516. The number of nitrogens with one attached hydrogen (secondary N) is 1. The first kappa shape index (κ1) is 21.0. The zero-order valence-electron chi connectivity index (χ0n) is 17.5. The number of ether oxygens (including phenoxy) is 1. The van der Waals surface area contributed by atoms with E-state index in [1.54, 1.807) is 29.2 Å². The first-order chi connectivity index (χ1) is 15.1. The Morgan fingerprint density at radius 3 is 2.61 bits per heavy atom. The number of H-pyrrole nitrogens is 1. The van der Waals surface area contributed by atoms with E-state index in [-0.39, 0.29) is 27.5 Å². The summed E-state index contributed by atoms with van der Waals surface area (Å²) in [6, 6.07) is 10.2. The van der Waals surface area contributed by atoms with Crippen molar-refractivity contribution in [3.8, 4) is 5.69 Å². The molecule has 6 nitrogen and oxygen atoms in total. The molecule has 3 heterocycles. The summed E-state index contributed by atoms with van der Waals surface area (Å²) in [6.07, 6.45) is 2.03. The van der Waals surface area contributed by atoms with Gasteiger partial charge in [0.25, 0.3) is 5.56 Å². The van der Waals surface area contributed by atoms with Crippen LogP contribution in [0.4, 0.5) is 14.5 Å². The fourth-order valence-electron chi connectivity index (χ4n) is 3.84. The predicted molar refractivity (Wildman–Crippen MR) is 118 cm³/mol. The summed E-state index contributed by atoms with van der Waals surface area (Å²) >= 11 is 0. The fraction of sp³-hybridized carbons (Fsp3) is 0.304. The third-order valence-corrected chi connectivity index (χ3v) is 5.24. The smallest absolute Gasteiger partial charge is 0.280 e. The number of aromatic amines is 1. The highest BCUT2D eigenvalue weighted by atomic mass is 19.1. The summed E-state index contributed by atoms with van der Waals surface area (Å²) in [4.78, 5) is 18.6. The lowest BCUT2D eigenvalue weighted by Crippen LogP contribution is -2.28. The minimum Gasteiger partial charge on any atom is -0.380 e. The normalized spacial score (nSPS) is 14.4. The van der Waals surface area contributed by atoms with Crippen LogP contribution in [-0.2, 0) is 4.74 Å². The van der Waals surface area contributed by atoms with Crippen molar-refractivity contribution in [2.75, 3.05) is 31.2 Å². The molecule has 31 heavy (non-hydrogen) atoms. The number of rotatable bonds is 2. The Kier molecular flexibility index (Phi) is 5.99. The van der Waals surface area contributed by atoms with Crippen LogP contribution in [0.5, 0.6) is 0 Å². The topological polar surface area (TPSA) is 63.2 Å². The van der Waals surface area contributed by atoms with Crippen molar-refractivity contribution in [2.45, 2.75) is 20.3 Å². The summed E-state index contributed by atoms with van der Waals surface area (Å²) in [7, 11) is 0. The summed E-state index contributed by atoms with van der Waals surface area (Å²) in [5.41, 5.74) is 0.590. The number of halogens is 2. The SMILES string of the molecule is CC.O=c1c2cnc3c(F)c(N4CCCOCC4)c(F)cc3c2[nH]n1-c1ccccc1. The molecule has 2 aromatic heterocycles. The van der Waals surface area contributed by atoms with Gasteiger partial charge in [-0.1, -0.05) is 32.0 Å². The molecule has 2 aromatic carbocycles. The maximum absolute atomic E-state index is 15.3. The van der Waals surface area contributed by atoms with E-state index < -0.39 is 11.6 Å². The summed E-state index contributed by atoms with van der Waals surface area (Å²) in [6.45, 7) is 5.89. The monoisotopic (exact) mass is 426 g/mol. The number of hydrogen-bond donors (Lipinski definition) is 1. The third-order valence-electron chi connectivity index (χ3n) is 5.24. The molecule has 5 rings (SSSR count). The Bertz CT molecular complexity index is 1260. The molecule has 0 unspecified atom stereocenters. The number of nitrogens with zero attached hydrogens (tertiary/aromatic N) is 3. The van der Waals surface area contributed by atoms with Gasteiger partial charge in [0.1, 0.15) is 17.0 Å². The highest BCUT2D eigenvalue weighted by Gasteiger charge is 2.23. The van der Waals surface area contributed by atoms with Crippen LogP contribution < -0.4 is 10.5 Å². The molecular weight excluding hydrogens is 402 g/mol. The molecule has 1 aliphatic rings. The van der Waals surface area contributed by atoms with Gasteiger partial charge in [-0.25, -0.2) is 13.5 Å². The maximum atomic E-state index is 15.3. The van der Waals surface area contributed by atoms with Crippen LogP contribution in [0.15, 0.2) is 47.4 Å². The number of para-hydroxylation sites is 1. The van der Waals surface area contributed by atoms with Crippen molar-refractivity contribution in [3.05, 3.63) is 64.6 Å². The molecule has 1 N–H and O–H groups in total. The van der Waals surface area contributed by atoms with E-state index in [9.17, 15) is 4.79 Å². The van der Waals surface area contributed by atoms with Gasteiger partial charge in [0.2, 0.25) is 0 Å².